The Morgan fingerprint density at radius 1 is 1.11 bits per heavy atom. The summed E-state index contributed by atoms with van der Waals surface area (Å²) in [5.41, 5.74) is 10.1. The van der Waals surface area contributed by atoms with Crippen molar-refractivity contribution in [3.8, 4) is 0 Å². The van der Waals surface area contributed by atoms with Gasteiger partial charge < -0.3 is 0 Å². The fourth-order valence-electron chi connectivity index (χ4n) is 3.81. The van der Waals surface area contributed by atoms with Crippen LogP contribution in [0, 0.1) is 12.3 Å². The van der Waals surface area contributed by atoms with E-state index in [2.05, 4.69) is 36.6 Å². The number of amides is 2. The second-order valence-electron chi connectivity index (χ2n) is 8.26. The van der Waals surface area contributed by atoms with Crippen molar-refractivity contribution in [1.29, 1.82) is 0 Å². The zero-order chi connectivity index (χ0) is 20.5. The fraction of sp³-hybridized carbons (Fsp3) is 0.500. The third kappa shape index (κ3) is 4.27. The highest BCUT2D eigenvalue weighted by Gasteiger charge is 2.32. The average molecular weight is 400 g/mol. The van der Waals surface area contributed by atoms with Gasteiger partial charge in [-0.1, -0.05) is 27.7 Å². The van der Waals surface area contributed by atoms with Crippen LogP contribution in [0.25, 0.3) is 0 Å². The number of aryl methyl sites for hydroxylation is 3. The molecule has 2 N–H and O–H groups in total. The zero-order valence-corrected chi connectivity index (χ0v) is 18.2. The van der Waals surface area contributed by atoms with Gasteiger partial charge in [-0.3, -0.25) is 25.4 Å². The molecule has 0 unspecified atom stereocenters. The molecule has 2 amide bonds. The largest absolute Gasteiger partial charge is 0.280 e. The van der Waals surface area contributed by atoms with Crippen LogP contribution in [0.15, 0.2) is 12.1 Å². The minimum absolute atomic E-state index is 0.226. The molecule has 6 heteroatoms. The van der Waals surface area contributed by atoms with Crippen molar-refractivity contribution in [2.45, 2.75) is 66.7 Å². The first-order valence-corrected chi connectivity index (χ1v) is 10.8. The van der Waals surface area contributed by atoms with E-state index in [0.717, 1.165) is 48.4 Å². The van der Waals surface area contributed by atoms with Gasteiger partial charge in [0, 0.05) is 21.8 Å². The number of rotatable bonds is 4. The molecule has 0 radical (unpaired) electrons. The first kappa shape index (κ1) is 20.5. The molecule has 1 aliphatic rings. The molecule has 0 atom stereocenters. The highest BCUT2D eigenvalue weighted by Crippen LogP contribution is 2.41. The SMILES string of the molecule is CCc1cc(C(=O)NNC(=O)c2sc(CC)c3c2CCC(C)(C)C3)cc(C)n1. The van der Waals surface area contributed by atoms with Gasteiger partial charge >= 0.3 is 0 Å². The highest BCUT2D eigenvalue weighted by molar-refractivity contribution is 7.14. The second kappa shape index (κ2) is 8.03. The van der Waals surface area contributed by atoms with E-state index in [1.165, 1.54) is 16.0 Å². The zero-order valence-electron chi connectivity index (χ0n) is 17.4. The minimum atomic E-state index is -0.323. The normalized spacial score (nSPS) is 15.0. The first-order chi connectivity index (χ1) is 13.2. The Kier molecular flexibility index (Phi) is 5.89. The molecular weight excluding hydrogens is 370 g/mol. The maximum atomic E-state index is 12.8. The van der Waals surface area contributed by atoms with E-state index in [4.69, 9.17) is 0 Å². The third-order valence-electron chi connectivity index (χ3n) is 5.36. The van der Waals surface area contributed by atoms with Crippen LogP contribution in [0.4, 0.5) is 0 Å². The smallest absolute Gasteiger partial charge is 0.267 e. The average Bonchev–Trinajstić information content (AvgIpc) is 3.01. The van der Waals surface area contributed by atoms with Gasteiger partial charge in [-0.25, -0.2) is 0 Å². The van der Waals surface area contributed by atoms with Gasteiger partial charge in [0.05, 0.1) is 4.88 Å². The van der Waals surface area contributed by atoms with E-state index in [1.54, 1.807) is 23.5 Å². The number of fused-ring (bicyclic) bond motifs is 1. The molecule has 0 spiro atoms. The Bertz CT molecular complexity index is 915. The molecule has 150 valence electrons. The molecule has 3 rings (SSSR count). The van der Waals surface area contributed by atoms with E-state index in [9.17, 15) is 9.59 Å². The van der Waals surface area contributed by atoms with E-state index in [0.29, 0.717) is 5.56 Å². The molecule has 0 aromatic carbocycles. The van der Waals surface area contributed by atoms with Crippen molar-refractivity contribution in [3.63, 3.8) is 0 Å². The highest BCUT2D eigenvalue weighted by atomic mass is 32.1. The number of nitrogens with zero attached hydrogens (tertiary/aromatic N) is 1. The van der Waals surface area contributed by atoms with Crippen LogP contribution < -0.4 is 10.9 Å². The quantitative estimate of drug-likeness (QED) is 0.758. The number of hydrazine groups is 1. The number of hydrogen-bond donors (Lipinski definition) is 2. The van der Waals surface area contributed by atoms with Gasteiger partial charge in [0.1, 0.15) is 0 Å². The van der Waals surface area contributed by atoms with E-state index < -0.39 is 0 Å². The lowest BCUT2D eigenvalue weighted by molar-refractivity contribution is 0.0848. The summed E-state index contributed by atoms with van der Waals surface area (Å²) < 4.78 is 0. The van der Waals surface area contributed by atoms with Gasteiger partial charge in [0.25, 0.3) is 11.8 Å². The Labute approximate surface area is 170 Å². The molecule has 2 heterocycles. The number of nitrogens with one attached hydrogen (secondary N) is 2. The summed E-state index contributed by atoms with van der Waals surface area (Å²) in [6, 6.07) is 3.49. The topological polar surface area (TPSA) is 71.1 Å². The molecule has 0 aliphatic heterocycles. The third-order valence-corrected chi connectivity index (χ3v) is 6.77. The van der Waals surface area contributed by atoms with Crippen molar-refractivity contribution in [1.82, 2.24) is 15.8 Å². The fourth-order valence-corrected chi connectivity index (χ4v) is 5.01. The number of carbonyl (C=O) groups excluding carboxylic acids is 2. The van der Waals surface area contributed by atoms with E-state index in [-0.39, 0.29) is 17.2 Å². The van der Waals surface area contributed by atoms with E-state index in [1.807, 2.05) is 13.8 Å². The predicted molar refractivity (Wildman–Crippen MR) is 113 cm³/mol. The van der Waals surface area contributed by atoms with Gasteiger partial charge in [0.2, 0.25) is 0 Å². The van der Waals surface area contributed by atoms with Crippen molar-refractivity contribution >= 4 is 23.2 Å². The Morgan fingerprint density at radius 3 is 2.50 bits per heavy atom. The van der Waals surface area contributed by atoms with Gasteiger partial charge in [-0.2, -0.15) is 0 Å². The van der Waals surface area contributed by atoms with Crippen LogP contribution in [-0.2, 0) is 25.7 Å². The standard InChI is InChI=1S/C22H29N3O2S/c1-6-15-11-14(10-13(3)23-15)20(26)24-25-21(27)19-16-8-9-22(4,5)12-17(16)18(7-2)28-19/h10-11H,6-9,12H2,1-5H3,(H,24,26)(H,25,27). The number of aromatic nitrogens is 1. The Hall–Kier alpha value is -2.21. The Morgan fingerprint density at radius 2 is 1.82 bits per heavy atom. The molecule has 2 aromatic heterocycles. The van der Waals surface area contributed by atoms with Crippen LogP contribution >= 0.6 is 11.3 Å². The molecule has 0 saturated heterocycles. The maximum Gasteiger partial charge on any atom is 0.280 e. The number of hydrogen-bond acceptors (Lipinski definition) is 4. The van der Waals surface area contributed by atoms with Crippen LogP contribution in [-0.4, -0.2) is 16.8 Å². The van der Waals surface area contributed by atoms with Crippen molar-refractivity contribution < 1.29 is 9.59 Å². The molecule has 0 fully saturated rings. The monoisotopic (exact) mass is 399 g/mol. The van der Waals surface area contributed by atoms with Crippen LogP contribution in [0.3, 0.4) is 0 Å². The molecule has 5 nitrogen and oxygen atoms in total. The lowest BCUT2D eigenvalue weighted by Crippen LogP contribution is -2.41. The van der Waals surface area contributed by atoms with Crippen LogP contribution in [0.2, 0.25) is 0 Å². The van der Waals surface area contributed by atoms with Crippen molar-refractivity contribution in [2.24, 2.45) is 5.41 Å². The summed E-state index contributed by atoms with van der Waals surface area (Å²) in [6.45, 7) is 10.6. The minimum Gasteiger partial charge on any atom is -0.267 e. The van der Waals surface area contributed by atoms with Crippen molar-refractivity contribution in [2.75, 3.05) is 0 Å². The maximum absolute atomic E-state index is 12.8. The predicted octanol–water partition coefficient (Wildman–Crippen LogP) is 4.17. The lowest BCUT2D eigenvalue weighted by atomic mass is 9.74. The molecule has 28 heavy (non-hydrogen) atoms. The summed E-state index contributed by atoms with van der Waals surface area (Å²) in [6.07, 6.45) is 4.68. The summed E-state index contributed by atoms with van der Waals surface area (Å²) in [5.74, 6) is -0.550. The molecule has 1 aliphatic carbocycles. The van der Waals surface area contributed by atoms with Gasteiger partial charge in [0.15, 0.2) is 0 Å². The van der Waals surface area contributed by atoms with Crippen molar-refractivity contribution in [3.05, 3.63) is 50.0 Å². The summed E-state index contributed by atoms with van der Waals surface area (Å²) in [5, 5.41) is 0. The molecule has 2 aromatic rings. The van der Waals surface area contributed by atoms with Gasteiger partial charge in [-0.05, 0) is 67.7 Å². The molecule has 0 saturated carbocycles. The number of pyridine rings is 1. The van der Waals surface area contributed by atoms with E-state index >= 15 is 0 Å². The summed E-state index contributed by atoms with van der Waals surface area (Å²) in [7, 11) is 0. The Balaban J connectivity index is 1.75. The second-order valence-corrected chi connectivity index (χ2v) is 9.36. The number of thiophene rings is 1. The van der Waals surface area contributed by atoms with Crippen LogP contribution in [0.5, 0.6) is 0 Å². The van der Waals surface area contributed by atoms with Gasteiger partial charge in [-0.15, -0.1) is 11.3 Å². The summed E-state index contributed by atoms with van der Waals surface area (Å²) >= 11 is 1.57. The number of carbonyl (C=O) groups is 2. The lowest BCUT2D eigenvalue weighted by Gasteiger charge is -2.30. The molecular formula is C22H29N3O2S. The molecule has 0 bridgehead atoms. The van der Waals surface area contributed by atoms with Crippen LogP contribution in [0.1, 0.15) is 81.5 Å². The first-order valence-electron chi connectivity index (χ1n) is 9.95. The summed E-state index contributed by atoms with van der Waals surface area (Å²) in [4.78, 5) is 31.7.